The van der Waals surface area contributed by atoms with Gasteiger partial charge in [-0.15, -0.1) is 11.3 Å². The summed E-state index contributed by atoms with van der Waals surface area (Å²) in [5, 5.41) is 3.51. The van der Waals surface area contributed by atoms with Crippen molar-refractivity contribution in [1.29, 1.82) is 0 Å². The minimum atomic E-state index is -0.210. The smallest absolute Gasteiger partial charge is 0.243 e. The highest BCUT2D eigenvalue weighted by Gasteiger charge is 2.28. The van der Waals surface area contributed by atoms with Crippen LogP contribution in [0.3, 0.4) is 0 Å². The number of nitrogens with zero attached hydrogens (tertiary/aromatic N) is 2. The number of rotatable bonds is 9. The lowest BCUT2D eigenvalue weighted by Crippen LogP contribution is -2.45. The van der Waals surface area contributed by atoms with E-state index in [9.17, 15) is 9.59 Å². The number of carbonyl (C=O) groups is 2. The summed E-state index contributed by atoms with van der Waals surface area (Å²) in [4.78, 5) is 34.6. The van der Waals surface area contributed by atoms with Gasteiger partial charge in [-0.05, 0) is 18.6 Å². The number of benzene rings is 1. The van der Waals surface area contributed by atoms with Gasteiger partial charge < -0.3 is 19.5 Å². The maximum Gasteiger partial charge on any atom is 0.243 e. The van der Waals surface area contributed by atoms with Gasteiger partial charge in [-0.2, -0.15) is 0 Å². The summed E-state index contributed by atoms with van der Waals surface area (Å²) in [6, 6.07) is 3.29. The van der Waals surface area contributed by atoms with Gasteiger partial charge in [0.25, 0.3) is 0 Å². The lowest BCUT2D eigenvalue weighted by Gasteiger charge is -2.31. The third-order valence-electron chi connectivity index (χ3n) is 6.03. The van der Waals surface area contributed by atoms with Crippen molar-refractivity contribution in [2.45, 2.75) is 25.3 Å². The number of ketones is 1. The van der Waals surface area contributed by atoms with Crippen LogP contribution in [0.1, 0.15) is 27.5 Å². The number of ether oxygens (including phenoxy) is 3. The second-order valence-electron chi connectivity index (χ2n) is 8.28. The van der Waals surface area contributed by atoms with Crippen molar-refractivity contribution in [2.75, 3.05) is 27.4 Å². The summed E-state index contributed by atoms with van der Waals surface area (Å²) < 4.78 is 17.0. The highest BCUT2D eigenvalue weighted by atomic mass is 35.5. The van der Waals surface area contributed by atoms with Crippen molar-refractivity contribution in [3.05, 3.63) is 57.3 Å². The van der Waals surface area contributed by atoms with Crippen LogP contribution in [-0.4, -0.2) is 55.1 Å². The monoisotopic (exact) mass is 549 g/mol. The predicted octanol–water partition coefficient (Wildman–Crippen LogP) is 4.69. The van der Waals surface area contributed by atoms with Crippen molar-refractivity contribution in [3.8, 4) is 11.5 Å². The first-order valence-corrected chi connectivity index (χ1v) is 12.8. The molecule has 8 nitrogen and oxygen atoms in total. The van der Waals surface area contributed by atoms with Crippen molar-refractivity contribution >= 4 is 56.4 Å². The molecule has 2 atom stereocenters. The maximum absolute atomic E-state index is 13.2. The average Bonchev–Trinajstić information content (AvgIpc) is 3.31. The van der Waals surface area contributed by atoms with Crippen LogP contribution in [0, 0.1) is 5.92 Å². The molecule has 3 heterocycles. The molecule has 2 unspecified atom stereocenters. The molecule has 1 aliphatic heterocycles. The van der Waals surface area contributed by atoms with E-state index in [1.165, 1.54) is 31.6 Å². The molecule has 1 amide bonds. The fraction of sp³-hybridized carbons (Fsp3) is 0.360. The number of fused-ring (bicyclic) bond motifs is 1. The number of methoxy groups -OCH3 is 2. The van der Waals surface area contributed by atoms with E-state index in [4.69, 9.17) is 37.4 Å². The number of Topliss-reactive ketones (excluding diaryl/α,β-unsaturated/α-hetero) is 1. The lowest BCUT2D eigenvalue weighted by atomic mass is 9.92. The molecule has 4 rings (SSSR count). The molecule has 3 aromatic rings. The van der Waals surface area contributed by atoms with Crippen molar-refractivity contribution in [3.63, 3.8) is 0 Å². The van der Waals surface area contributed by atoms with Crippen LogP contribution in [0.4, 0.5) is 0 Å². The zero-order chi connectivity index (χ0) is 25.8. The van der Waals surface area contributed by atoms with E-state index in [-0.39, 0.29) is 40.1 Å². The molecular weight excluding hydrogens is 525 g/mol. The van der Waals surface area contributed by atoms with Gasteiger partial charge >= 0.3 is 0 Å². The molecule has 36 heavy (non-hydrogen) atoms. The summed E-state index contributed by atoms with van der Waals surface area (Å²) in [7, 11) is 2.97. The first kappa shape index (κ1) is 26.3. The molecule has 0 aliphatic carbocycles. The van der Waals surface area contributed by atoms with Gasteiger partial charge in [-0.1, -0.05) is 29.8 Å². The second kappa shape index (κ2) is 11.6. The SMILES string of the molecule is C=CC(=O)NC1CCOCC1Cc1ncc2sc(C(=O)Cc3c(Cl)c(OC)cc(OC)c3Cl)cc2n1. The Morgan fingerprint density at radius 2 is 1.97 bits per heavy atom. The van der Waals surface area contributed by atoms with Crippen molar-refractivity contribution < 1.29 is 23.8 Å². The molecule has 0 bridgehead atoms. The lowest BCUT2D eigenvalue weighted by molar-refractivity contribution is -0.118. The van der Waals surface area contributed by atoms with Crippen LogP contribution < -0.4 is 14.8 Å². The van der Waals surface area contributed by atoms with Gasteiger partial charge in [0, 0.05) is 49.2 Å². The first-order valence-electron chi connectivity index (χ1n) is 11.2. The Kier molecular flexibility index (Phi) is 8.46. The molecule has 1 aliphatic rings. The summed E-state index contributed by atoms with van der Waals surface area (Å²) in [6.45, 7) is 4.60. The molecule has 1 aromatic carbocycles. The summed E-state index contributed by atoms with van der Waals surface area (Å²) >= 11 is 14.2. The molecule has 0 spiro atoms. The number of amides is 1. The van der Waals surface area contributed by atoms with Gasteiger partial charge in [-0.25, -0.2) is 9.97 Å². The summed E-state index contributed by atoms with van der Waals surface area (Å²) in [5.41, 5.74) is 1.12. The minimum absolute atomic E-state index is 0.0254. The largest absolute Gasteiger partial charge is 0.495 e. The first-order chi connectivity index (χ1) is 17.3. The summed E-state index contributed by atoms with van der Waals surface area (Å²) in [6.07, 6.45) is 4.20. The van der Waals surface area contributed by atoms with Gasteiger partial charge in [-0.3, -0.25) is 9.59 Å². The Balaban J connectivity index is 1.54. The van der Waals surface area contributed by atoms with Crippen LogP contribution >= 0.6 is 34.5 Å². The van der Waals surface area contributed by atoms with Gasteiger partial charge in [0.05, 0.1) is 46.0 Å². The maximum atomic E-state index is 13.2. The van der Waals surface area contributed by atoms with Crippen LogP contribution in [0.15, 0.2) is 31.0 Å². The number of carbonyl (C=O) groups excluding carboxylic acids is 2. The van der Waals surface area contributed by atoms with Gasteiger partial charge in [0.15, 0.2) is 5.78 Å². The normalized spacial score (nSPS) is 17.6. The van der Waals surface area contributed by atoms with Crippen LogP contribution in [-0.2, 0) is 22.4 Å². The predicted molar refractivity (Wildman–Crippen MR) is 140 cm³/mol. The quantitative estimate of drug-likeness (QED) is 0.305. The Hall–Kier alpha value is -2.72. The molecule has 11 heteroatoms. The van der Waals surface area contributed by atoms with E-state index >= 15 is 0 Å². The van der Waals surface area contributed by atoms with Gasteiger partial charge in [0.2, 0.25) is 5.91 Å². The van der Waals surface area contributed by atoms with E-state index in [2.05, 4.69) is 21.9 Å². The Morgan fingerprint density at radius 1 is 1.25 bits per heavy atom. The standard InChI is InChI=1S/C25H25Cl2N3O5S/c1-4-23(32)30-15-5-6-35-12-13(15)7-22-28-11-21-16(29-22)9-20(36-21)17(31)8-14-24(26)18(33-2)10-19(34-3)25(14)27/h4,9-11,13,15H,1,5-8,12H2,2-3H3,(H,30,32). The molecule has 190 valence electrons. The number of nitrogens with one attached hydrogen (secondary N) is 1. The summed E-state index contributed by atoms with van der Waals surface area (Å²) in [5.74, 6) is 1.04. The fourth-order valence-corrected chi connectivity index (χ4v) is 5.66. The molecule has 1 saturated heterocycles. The molecular formula is C25H25Cl2N3O5S. The van der Waals surface area contributed by atoms with Crippen LogP contribution in [0.2, 0.25) is 10.0 Å². The Labute approximate surface area is 222 Å². The van der Waals surface area contributed by atoms with Crippen LogP contribution in [0.25, 0.3) is 10.2 Å². The van der Waals surface area contributed by atoms with Gasteiger partial charge in [0.1, 0.15) is 17.3 Å². The van der Waals surface area contributed by atoms with E-state index < -0.39 is 0 Å². The van der Waals surface area contributed by atoms with E-state index in [1.54, 1.807) is 18.3 Å². The fourth-order valence-electron chi connectivity index (χ4n) is 4.12. The van der Waals surface area contributed by atoms with E-state index in [0.717, 1.165) is 4.70 Å². The van der Waals surface area contributed by atoms with E-state index in [0.29, 0.717) is 59.3 Å². The third kappa shape index (κ3) is 5.64. The van der Waals surface area contributed by atoms with E-state index in [1.807, 2.05) is 0 Å². The molecule has 0 radical (unpaired) electrons. The topological polar surface area (TPSA) is 99.6 Å². The average molecular weight is 550 g/mol. The number of aromatic nitrogens is 2. The van der Waals surface area contributed by atoms with Crippen LogP contribution in [0.5, 0.6) is 11.5 Å². The Morgan fingerprint density at radius 3 is 2.64 bits per heavy atom. The third-order valence-corrected chi connectivity index (χ3v) is 7.96. The van der Waals surface area contributed by atoms with Crippen molar-refractivity contribution in [1.82, 2.24) is 15.3 Å². The molecule has 1 N–H and O–H groups in total. The molecule has 2 aromatic heterocycles. The second-order valence-corrected chi connectivity index (χ2v) is 10.1. The number of hydrogen-bond donors (Lipinski definition) is 1. The number of thiophene rings is 1. The Bertz CT molecular complexity index is 1280. The molecule has 0 saturated carbocycles. The zero-order valence-corrected chi connectivity index (χ0v) is 22.1. The molecule has 1 fully saturated rings. The highest BCUT2D eigenvalue weighted by Crippen LogP contribution is 2.41. The number of hydrogen-bond acceptors (Lipinski definition) is 8. The minimum Gasteiger partial charge on any atom is -0.495 e. The highest BCUT2D eigenvalue weighted by molar-refractivity contribution is 7.20. The zero-order valence-electron chi connectivity index (χ0n) is 19.8. The van der Waals surface area contributed by atoms with Crippen molar-refractivity contribution in [2.24, 2.45) is 5.92 Å². The number of halogens is 2.